The van der Waals surface area contributed by atoms with Gasteiger partial charge in [-0.1, -0.05) is 20.8 Å². The molecule has 3 N–H and O–H groups in total. The monoisotopic (exact) mass is 301 g/mol. The van der Waals surface area contributed by atoms with Crippen LogP contribution in [0.4, 0.5) is 17.6 Å². The molecule has 19 heavy (non-hydrogen) atoms. The SMILES string of the molecule is CC(C)(C)[C@H](N)c1c(C(F)(F)F)ccc(F)c1O.Cl. The van der Waals surface area contributed by atoms with Crippen LogP contribution < -0.4 is 5.73 Å². The van der Waals surface area contributed by atoms with E-state index in [0.717, 1.165) is 0 Å². The smallest absolute Gasteiger partial charge is 0.416 e. The molecule has 0 bridgehead atoms. The first-order valence-electron chi connectivity index (χ1n) is 5.30. The minimum absolute atomic E-state index is 0. The zero-order chi connectivity index (χ0) is 14.3. The van der Waals surface area contributed by atoms with Gasteiger partial charge < -0.3 is 10.8 Å². The van der Waals surface area contributed by atoms with Gasteiger partial charge in [-0.05, 0) is 17.5 Å². The molecule has 0 radical (unpaired) electrons. The fourth-order valence-corrected chi connectivity index (χ4v) is 1.58. The summed E-state index contributed by atoms with van der Waals surface area (Å²) in [4.78, 5) is 0. The summed E-state index contributed by atoms with van der Waals surface area (Å²) in [6, 6.07) is 0.0392. The summed E-state index contributed by atoms with van der Waals surface area (Å²) >= 11 is 0. The minimum Gasteiger partial charge on any atom is -0.505 e. The van der Waals surface area contributed by atoms with Crippen LogP contribution in [0.3, 0.4) is 0 Å². The van der Waals surface area contributed by atoms with Crippen LogP contribution in [-0.4, -0.2) is 5.11 Å². The summed E-state index contributed by atoms with van der Waals surface area (Å²) in [5.74, 6) is -2.15. The van der Waals surface area contributed by atoms with Crippen molar-refractivity contribution in [3.63, 3.8) is 0 Å². The molecular weight excluding hydrogens is 286 g/mol. The molecule has 1 aromatic carbocycles. The second-order valence-corrected chi connectivity index (χ2v) is 5.20. The number of phenols is 1. The van der Waals surface area contributed by atoms with E-state index in [-0.39, 0.29) is 12.4 Å². The highest BCUT2D eigenvalue weighted by molar-refractivity contribution is 5.85. The molecule has 7 heteroatoms. The highest BCUT2D eigenvalue weighted by atomic mass is 35.5. The lowest BCUT2D eigenvalue weighted by Gasteiger charge is -2.30. The predicted octanol–water partition coefficient (Wildman–Crippen LogP) is 4.02. The molecule has 1 rings (SSSR count). The number of halogens is 5. The summed E-state index contributed by atoms with van der Waals surface area (Å²) in [7, 11) is 0. The van der Waals surface area contributed by atoms with E-state index in [2.05, 4.69) is 0 Å². The summed E-state index contributed by atoms with van der Waals surface area (Å²) in [5.41, 5.74) is 3.26. The largest absolute Gasteiger partial charge is 0.505 e. The van der Waals surface area contributed by atoms with E-state index >= 15 is 0 Å². The molecule has 2 nitrogen and oxygen atoms in total. The lowest BCUT2D eigenvalue weighted by atomic mass is 9.80. The molecular formula is C12H16ClF4NO. The van der Waals surface area contributed by atoms with Gasteiger partial charge in [0, 0.05) is 11.6 Å². The zero-order valence-corrected chi connectivity index (χ0v) is 11.5. The van der Waals surface area contributed by atoms with Gasteiger partial charge in [-0.15, -0.1) is 12.4 Å². The first kappa shape index (κ1) is 18.0. The topological polar surface area (TPSA) is 46.2 Å². The van der Waals surface area contributed by atoms with E-state index in [1.54, 1.807) is 20.8 Å². The maximum Gasteiger partial charge on any atom is 0.416 e. The Bertz CT molecular complexity index is 454. The Morgan fingerprint density at radius 2 is 1.63 bits per heavy atom. The summed E-state index contributed by atoms with van der Waals surface area (Å²) < 4.78 is 51.7. The van der Waals surface area contributed by atoms with Crippen molar-refractivity contribution in [1.29, 1.82) is 0 Å². The third kappa shape index (κ3) is 3.73. The molecule has 0 unspecified atom stereocenters. The number of aromatic hydroxyl groups is 1. The van der Waals surface area contributed by atoms with E-state index in [0.29, 0.717) is 12.1 Å². The Balaban J connectivity index is 0.00000324. The molecule has 0 aliphatic carbocycles. The van der Waals surface area contributed by atoms with E-state index < -0.39 is 40.3 Å². The van der Waals surface area contributed by atoms with Gasteiger partial charge in [0.2, 0.25) is 0 Å². The third-order valence-corrected chi connectivity index (χ3v) is 2.72. The predicted molar refractivity (Wildman–Crippen MR) is 66.7 cm³/mol. The first-order valence-corrected chi connectivity index (χ1v) is 5.30. The van der Waals surface area contributed by atoms with Crippen molar-refractivity contribution >= 4 is 12.4 Å². The van der Waals surface area contributed by atoms with Crippen molar-refractivity contribution < 1.29 is 22.7 Å². The highest BCUT2D eigenvalue weighted by Crippen LogP contribution is 2.44. The molecule has 110 valence electrons. The second kappa shape index (κ2) is 5.54. The van der Waals surface area contributed by atoms with Crippen molar-refractivity contribution in [2.75, 3.05) is 0 Å². The average Bonchev–Trinajstić information content (AvgIpc) is 2.17. The van der Waals surface area contributed by atoms with Crippen LogP contribution >= 0.6 is 12.4 Å². The Labute approximate surface area is 115 Å². The van der Waals surface area contributed by atoms with Crippen LogP contribution in [0.1, 0.15) is 37.9 Å². The number of benzene rings is 1. The number of phenolic OH excluding ortho intramolecular Hbond substituents is 1. The molecule has 1 aromatic rings. The summed E-state index contributed by atoms with van der Waals surface area (Å²) in [5, 5.41) is 9.52. The maximum atomic E-state index is 13.2. The lowest BCUT2D eigenvalue weighted by Crippen LogP contribution is -2.29. The van der Waals surface area contributed by atoms with Gasteiger partial charge in [0.25, 0.3) is 0 Å². The molecule has 0 heterocycles. The Hall–Kier alpha value is -1.01. The van der Waals surface area contributed by atoms with Gasteiger partial charge in [-0.25, -0.2) is 4.39 Å². The van der Waals surface area contributed by atoms with Gasteiger partial charge >= 0.3 is 6.18 Å². The fraction of sp³-hybridized carbons (Fsp3) is 0.500. The number of rotatable bonds is 1. The van der Waals surface area contributed by atoms with Crippen molar-refractivity contribution in [3.8, 4) is 5.75 Å². The quantitative estimate of drug-likeness (QED) is 0.770. The summed E-state index contributed by atoms with van der Waals surface area (Å²) in [6.45, 7) is 4.84. The van der Waals surface area contributed by atoms with Gasteiger partial charge in [0.05, 0.1) is 5.56 Å². The Kier molecular flexibility index (Phi) is 5.25. The number of hydrogen-bond acceptors (Lipinski definition) is 2. The zero-order valence-electron chi connectivity index (χ0n) is 10.7. The van der Waals surface area contributed by atoms with Gasteiger partial charge in [-0.3, -0.25) is 0 Å². The number of alkyl halides is 3. The Morgan fingerprint density at radius 1 is 1.16 bits per heavy atom. The minimum atomic E-state index is -4.69. The number of hydrogen-bond donors (Lipinski definition) is 2. The van der Waals surface area contributed by atoms with Crippen LogP contribution in [0.5, 0.6) is 5.75 Å². The van der Waals surface area contributed by atoms with Crippen molar-refractivity contribution in [1.82, 2.24) is 0 Å². The van der Waals surface area contributed by atoms with Crippen LogP contribution in [0.25, 0.3) is 0 Å². The molecule has 0 amide bonds. The van der Waals surface area contributed by atoms with Crippen molar-refractivity contribution in [2.45, 2.75) is 33.0 Å². The fourth-order valence-electron chi connectivity index (χ4n) is 1.58. The van der Waals surface area contributed by atoms with E-state index in [9.17, 15) is 22.7 Å². The molecule has 0 aliphatic heterocycles. The van der Waals surface area contributed by atoms with E-state index in [1.165, 1.54) is 0 Å². The van der Waals surface area contributed by atoms with Crippen LogP contribution in [0.2, 0.25) is 0 Å². The lowest BCUT2D eigenvalue weighted by molar-refractivity contribution is -0.138. The van der Waals surface area contributed by atoms with Gasteiger partial charge in [0.15, 0.2) is 11.6 Å². The molecule has 0 saturated carbocycles. The Morgan fingerprint density at radius 3 is 2.00 bits per heavy atom. The average molecular weight is 302 g/mol. The standard InChI is InChI=1S/C12H15F4NO.ClH/c1-11(2,3)10(17)8-6(12(14,15)16)4-5-7(13)9(8)18;/h4-5,10,18H,17H2,1-3H3;1H/t10-;/m1./s1. The third-order valence-electron chi connectivity index (χ3n) is 2.72. The molecule has 0 saturated heterocycles. The highest BCUT2D eigenvalue weighted by Gasteiger charge is 2.39. The molecule has 0 aliphatic rings. The van der Waals surface area contributed by atoms with Gasteiger partial charge in [-0.2, -0.15) is 13.2 Å². The first-order chi connectivity index (χ1) is 7.96. The molecule has 0 aromatic heterocycles. The van der Waals surface area contributed by atoms with Crippen molar-refractivity contribution in [3.05, 3.63) is 29.1 Å². The van der Waals surface area contributed by atoms with Crippen LogP contribution in [-0.2, 0) is 6.18 Å². The second-order valence-electron chi connectivity index (χ2n) is 5.20. The normalized spacial score (nSPS) is 13.9. The van der Waals surface area contributed by atoms with E-state index in [4.69, 9.17) is 5.73 Å². The van der Waals surface area contributed by atoms with Crippen LogP contribution in [0, 0.1) is 11.2 Å². The molecule has 0 fully saturated rings. The van der Waals surface area contributed by atoms with Crippen molar-refractivity contribution in [2.24, 2.45) is 11.1 Å². The molecule has 0 spiro atoms. The van der Waals surface area contributed by atoms with Crippen LogP contribution in [0.15, 0.2) is 12.1 Å². The van der Waals surface area contributed by atoms with Gasteiger partial charge in [0.1, 0.15) is 0 Å². The summed E-state index contributed by atoms with van der Waals surface area (Å²) in [6.07, 6.45) is -4.69. The maximum absolute atomic E-state index is 13.2. The number of nitrogens with two attached hydrogens (primary N) is 1. The van der Waals surface area contributed by atoms with E-state index in [1.807, 2.05) is 0 Å². The molecule has 1 atom stereocenters.